The number of piperidine rings is 2. The summed E-state index contributed by atoms with van der Waals surface area (Å²) in [5.41, 5.74) is 6.27. The number of benzene rings is 2. The van der Waals surface area contributed by atoms with Gasteiger partial charge in [-0.1, -0.05) is 17.7 Å². The molecule has 3 fully saturated rings. The topological polar surface area (TPSA) is 75.1 Å². The Morgan fingerprint density at radius 1 is 1.12 bits per heavy atom. The zero-order valence-corrected chi connectivity index (χ0v) is 24.3. The lowest BCUT2D eigenvalue weighted by Gasteiger charge is -2.31. The summed E-state index contributed by atoms with van der Waals surface area (Å²) in [6.45, 7) is 8.71. The highest BCUT2D eigenvalue weighted by atomic mass is 32.1. The Hall–Kier alpha value is -2.94. The lowest BCUT2D eigenvalue weighted by molar-refractivity contribution is -0.0274. The number of fused-ring (bicyclic) bond motifs is 1. The van der Waals surface area contributed by atoms with Crippen molar-refractivity contribution in [1.29, 1.82) is 0 Å². The van der Waals surface area contributed by atoms with E-state index in [9.17, 15) is 4.79 Å². The number of carbonyl (C=O) groups excluding carboxylic acids is 1. The minimum absolute atomic E-state index is 0.134. The van der Waals surface area contributed by atoms with Crippen molar-refractivity contribution in [1.82, 2.24) is 9.88 Å². The largest absolute Gasteiger partial charge is 0.488 e. The monoisotopic (exact) mass is 561 g/mol. The molecule has 0 radical (unpaired) electrons. The number of aryl methyl sites for hydroxylation is 2. The fraction of sp³-hybridized carbons (Fsp3) is 0.500. The van der Waals surface area contributed by atoms with E-state index >= 15 is 0 Å². The summed E-state index contributed by atoms with van der Waals surface area (Å²) in [7, 11) is 0. The standard InChI is InChI=1S/C32H39N3O4S/c1-22-6-9-29(39-18-25-8-7-24(15-23(25)2)30(37)34-11-4-3-5-12-34)27(14-22)28-19-40-31(33-28)35-13-10-32(20-38-21-36)16-26(32)17-35/h6-9,14-15,19,26,36H,3-5,10-13,16-18,20-21H2,1-2H3/t26-,32-/m0/s1. The predicted octanol–water partition coefficient (Wildman–Crippen LogP) is 5.81. The molecule has 2 atom stereocenters. The maximum Gasteiger partial charge on any atom is 0.253 e. The van der Waals surface area contributed by atoms with E-state index in [-0.39, 0.29) is 18.1 Å². The first-order valence-electron chi connectivity index (χ1n) is 14.5. The van der Waals surface area contributed by atoms with Crippen LogP contribution in [-0.4, -0.2) is 60.5 Å². The molecule has 1 N–H and O–H groups in total. The predicted molar refractivity (Wildman–Crippen MR) is 158 cm³/mol. The molecule has 3 heterocycles. The number of nitrogens with zero attached hydrogens (tertiary/aromatic N) is 3. The Morgan fingerprint density at radius 2 is 1.98 bits per heavy atom. The fourth-order valence-electron chi connectivity index (χ4n) is 6.31. The zero-order valence-electron chi connectivity index (χ0n) is 23.5. The van der Waals surface area contributed by atoms with Crippen molar-refractivity contribution in [2.45, 2.75) is 52.6 Å². The molecule has 0 spiro atoms. The van der Waals surface area contributed by atoms with Crippen molar-refractivity contribution < 1.29 is 19.4 Å². The van der Waals surface area contributed by atoms with Crippen LogP contribution < -0.4 is 9.64 Å². The minimum atomic E-state index is -0.196. The summed E-state index contributed by atoms with van der Waals surface area (Å²) in [5, 5.41) is 12.2. The normalized spacial score (nSPS) is 22.2. The van der Waals surface area contributed by atoms with Gasteiger partial charge in [0.15, 0.2) is 5.13 Å². The van der Waals surface area contributed by atoms with Crippen LogP contribution in [-0.2, 0) is 11.3 Å². The van der Waals surface area contributed by atoms with Crippen LogP contribution in [0.2, 0.25) is 0 Å². The van der Waals surface area contributed by atoms with Crippen LogP contribution in [0, 0.1) is 25.2 Å². The second-order valence-electron chi connectivity index (χ2n) is 11.7. The van der Waals surface area contributed by atoms with E-state index in [0.717, 1.165) is 84.3 Å². The third kappa shape index (κ3) is 5.62. The molecule has 2 saturated heterocycles. The van der Waals surface area contributed by atoms with E-state index in [1.54, 1.807) is 11.3 Å². The molecule has 2 aromatic carbocycles. The van der Waals surface area contributed by atoms with Crippen molar-refractivity contribution in [3.63, 3.8) is 0 Å². The second-order valence-corrected chi connectivity index (χ2v) is 12.6. The lowest BCUT2D eigenvalue weighted by atomic mass is 9.96. The third-order valence-electron chi connectivity index (χ3n) is 8.95. The summed E-state index contributed by atoms with van der Waals surface area (Å²) < 4.78 is 11.7. The lowest BCUT2D eigenvalue weighted by Crippen LogP contribution is -2.36. The molecule has 212 valence electrons. The maximum absolute atomic E-state index is 12.9. The summed E-state index contributed by atoms with van der Waals surface area (Å²) in [6.07, 6.45) is 5.65. The van der Waals surface area contributed by atoms with Crippen LogP contribution in [0.5, 0.6) is 5.75 Å². The minimum Gasteiger partial charge on any atom is -0.488 e. The van der Waals surface area contributed by atoms with Gasteiger partial charge in [-0.2, -0.15) is 0 Å². The molecule has 40 heavy (non-hydrogen) atoms. The van der Waals surface area contributed by atoms with Gasteiger partial charge in [0.25, 0.3) is 5.91 Å². The third-order valence-corrected chi connectivity index (χ3v) is 9.85. The summed E-state index contributed by atoms with van der Waals surface area (Å²) in [6, 6.07) is 12.2. The van der Waals surface area contributed by atoms with Crippen molar-refractivity contribution in [3.05, 3.63) is 64.0 Å². The Balaban J connectivity index is 1.13. The van der Waals surface area contributed by atoms with Crippen LogP contribution in [0.3, 0.4) is 0 Å². The number of carbonyl (C=O) groups is 1. The van der Waals surface area contributed by atoms with Crippen LogP contribution in [0.4, 0.5) is 5.13 Å². The zero-order chi connectivity index (χ0) is 27.7. The molecule has 1 aliphatic carbocycles. The van der Waals surface area contributed by atoms with Gasteiger partial charge in [-0.25, -0.2) is 4.98 Å². The molecule has 6 rings (SSSR count). The number of amides is 1. The molecular weight excluding hydrogens is 522 g/mol. The summed E-state index contributed by atoms with van der Waals surface area (Å²) in [5.74, 6) is 1.56. The van der Waals surface area contributed by atoms with Crippen LogP contribution >= 0.6 is 11.3 Å². The van der Waals surface area contributed by atoms with Gasteiger partial charge in [-0.05, 0) is 87.3 Å². The Bertz CT molecular complexity index is 1370. The Labute approximate surface area is 240 Å². The molecule has 1 saturated carbocycles. The second kappa shape index (κ2) is 11.5. The van der Waals surface area contributed by atoms with Gasteiger partial charge < -0.3 is 24.4 Å². The van der Waals surface area contributed by atoms with E-state index in [0.29, 0.717) is 19.1 Å². The molecule has 0 bridgehead atoms. The van der Waals surface area contributed by atoms with E-state index in [1.165, 1.54) is 18.4 Å². The molecule has 0 unspecified atom stereocenters. The molecule has 3 aliphatic rings. The van der Waals surface area contributed by atoms with E-state index in [1.807, 2.05) is 29.2 Å². The fourth-order valence-corrected chi connectivity index (χ4v) is 7.17. The summed E-state index contributed by atoms with van der Waals surface area (Å²) >= 11 is 1.69. The van der Waals surface area contributed by atoms with E-state index < -0.39 is 0 Å². The number of rotatable bonds is 9. The first-order chi connectivity index (χ1) is 19.5. The molecule has 1 aromatic heterocycles. The Morgan fingerprint density at radius 3 is 2.75 bits per heavy atom. The van der Waals surface area contributed by atoms with E-state index in [2.05, 4.69) is 36.3 Å². The number of aromatic nitrogens is 1. The van der Waals surface area contributed by atoms with Crippen molar-refractivity contribution in [2.24, 2.45) is 11.3 Å². The van der Waals surface area contributed by atoms with Crippen LogP contribution in [0.25, 0.3) is 11.3 Å². The van der Waals surface area contributed by atoms with Crippen molar-refractivity contribution in [2.75, 3.05) is 44.5 Å². The van der Waals surface area contributed by atoms with Gasteiger partial charge in [0.1, 0.15) is 19.1 Å². The molecule has 3 aromatic rings. The molecule has 2 aliphatic heterocycles. The van der Waals surface area contributed by atoms with Gasteiger partial charge in [-0.3, -0.25) is 4.79 Å². The Kier molecular flexibility index (Phi) is 7.84. The van der Waals surface area contributed by atoms with Crippen molar-refractivity contribution >= 4 is 22.4 Å². The highest BCUT2D eigenvalue weighted by Gasteiger charge is 2.56. The molecule has 1 amide bonds. The summed E-state index contributed by atoms with van der Waals surface area (Å²) in [4.78, 5) is 22.4. The van der Waals surface area contributed by atoms with E-state index in [4.69, 9.17) is 19.6 Å². The van der Waals surface area contributed by atoms with Gasteiger partial charge in [0, 0.05) is 48.1 Å². The number of hydrogen-bond acceptors (Lipinski definition) is 7. The first-order valence-corrected chi connectivity index (χ1v) is 15.4. The highest BCUT2D eigenvalue weighted by molar-refractivity contribution is 7.14. The van der Waals surface area contributed by atoms with Gasteiger partial charge in [0.2, 0.25) is 0 Å². The number of likely N-dealkylation sites (tertiary alicyclic amines) is 1. The van der Waals surface area contributed by atoms with Gasteiger partial charge in [-0.15, -0.1) is 11.3 Å². The number of thiazole rings is 1. The van der Waals surface area contributed by atoms with Crippen LogP contribution in [0.1, 0.15) is 59.2 Å². The highest BCUT2D eigenvalue weighted by Crippen LogP contribution is 2.58. The SMILES string of the molecule is Cc1ccc(OCc2ccc(C(=O)N3CCCCC3)cc2C)c(-c2csc(N3CC[C@@]4(COCO)C[C@H]4C3)n2)c1. The number of aliphatic hydroxyl groups excluding tert-OH is 1. The number of hydrogen-bond donors (Lipinski definition) is 1. The smallest absolute Gasteiger partial charge is 0.253 e. The maximum atomic E-state index is 12.9. The van der Waals surface area contributed by atoms with Gasteiger partial charge >= 0.3 is 0 Å². The number of anilines is 1. The quantitative estimate of drug-likeness (QED) is 0.332. The number of aliphatic hydroxyl groups is 1. The molecule has 7 nitrogen and oxygen atoms in total. The van der Waals surface area contributed by atoms with Gasteiger partial charge in [0.05, 0.1) is 12.3 Å². The molecule has 8 heteroatoms. The van der Waals surface area contributed by atoms with Crippen LogP contribution in [0.15, 0.2) is 41.8 Å². The molecular formula is C32H39N3O4S. The number of ether oxygens (including phenoxy) is 2. The first kappa shape index (κ1) is 27.2. The van der Waals surface area contributed by atoms with Crippen molar-refractivity contribution in [3.8, 4) is 17.0 Å². The average molecular weight is 562 g/mol. The average Bonchev–Trinajstić information content (AvgIpc) is 3.49.